The van der Waals surface area contributed by atoms with Gasteiger partial charge in [-0.15, -0.1) is 0 Å². The monoisotopic (exact) mass is 563 g/mol. The maximum atomic E-state index is 15.2. The molecule has 198 valence electrons. The highest BCUT2D eigenvalue weighted by molar-refractivity contribution is 7.90. The Labute approximate surface area is 220 Å². The lowest BCUT2D eigenvalue weighted by atomic mass is 10.0. The van der Waals surface area contributed by atoms with Crippen LogP contribution in [-0.4, -0.2) is 41.5 Å². The largest absolute Gasteiger partial charge is 0.349 e. The molecule has 4 aromatic rings. The molecule has 5 rings (SSSR count). The third-order valence-corrected chi connectivity index (χ3v) is 8.15. The van der Waals surface area contributed by atoms with Crippen molar-refractivity contribution in [2.75, 3.05) is 23.1 Å². The molecule has 8 nitrogen and oxygen atoms in total. The molecule has 1 aliphatic heterocycles. The van der Waals surface area contributed by atoms with Crippen molar-refractivity contribution >= 4 is 49.8 Å². The van der Waals surface area contributed by atoms with E-state index in [1.54, 1.807) is 12.1 Å². The van der Waals surface area contributed by atoms with Gasteiger partial charge in [0.25, 0.3) is 5.56 Å². The smallest absolute Gasteiger partial charge is 0.301 e. The van der Waals surface area contributed by atoms with Gasteiger partial charge in [0.05, 0.1) is 28.2 Å². The summed E-state index contributed by atoms with van der Waals surface area (Å²) in [7, 11) is -2.47. The highest BCUT2D eigenvalue weighted by Crippen LogP contribution is 2.38. The Morgan fingerprint density at radius 1 is 1.08 bits per heavy atom. The Morgan fingerprint density at radius 2 is 1.82 bits per heavy atom. The SMILES string of the molecule is Cn1cnc2ccc(Nc3c(F)ccc(-c4ccc(NS(=O)(=O)N5CC[C@@H](F)C5)cc4)c3Cl)c(F)c2c1=O. The number of aromatic nitrogens is 2. The number of aryl methyl sites for hydroxylation is 1. The first kappa shape index (κ1) is 26.0. The standard InChI is InChI=1S/C25H21ClF3N5O3S/c1-33-13-30-19-8-9-20(23(29)21(19)25(33)35)31-24-18(28)7-6-17(22(24)26)14-2-4-16(5-3-14)32-38(36,37)34-11-10-15(27)12-34/h2-9,13,15,31-32H,10-12H2,1H3/t15-/m1/s1. The lowest BCUT2D eigenvalue weighted by Gasteiger charge is -2.17. The maximum absolute atomic E-state index is 15.2. The van der Waals surface area contributed by atoms with Crippen LogP contribution in [0.3, 0.4) is 0 Å². The van der Waals surface area contributed by atoms with Crippen LogP contribution >= 0.6 is 11.6 Å². The first-order valence-electron chi connectivity index (χ1n) is 11.5. The number of rotatable bonds is 6. The minimum atomic E-state index is -3.91. The number of halogens is 4. The molecule has 2 heterocycles. The summed E-state index contributed by atoms with van der Waals surface area (Å²) in [6.45, 7) is -0.101. The fourth-order valence-electron chi connectivity index (χ4n) is 4.21. The number of alkyl halides is 1. The van der Waals surface area contributed by atoms with Crippen LogP contribution in [0.4, 0.5) is 30.2 Å². The van der Waals surface area contributed by atoms with Crippen LogP contribution < -0.4 is 15.6 Å². The van der Waals surface area contributed by atoms with E-state index in [-0.39, 0.29) is 52.5 Å². The second kappa shape index (κ2) is 9.93. The summed E-state index contributed by atoms with van der Waals surface area (Å²) in [5, 5.41) is 2.35. The first-order chi connectivity index (χ1) is 18.0. The Morgan fingerprint density at radius 3 is 2.50 bits per heavy atom. The molecule has 1 fully saturated rings. The number of fused-ring (bicyclic) bond motifs is 1. The summed E-state index contributed by atoms with van der Waals surface area (Å²) in [5.74, 6) is -1.65. The van der Waals surface area contributed by atoms with Crippen LogP contribution in [0.25, 0.3) is 22.0 Å². The third kappa shape index (κ3) is 4.82. The molecule has 38 heavy (non-hydrogen) atoms. The van der Waals surface area contributed by atoms with Crippen LogP contribution in [0.5, 0.6) is 0 Å². The van der Waals surface area contributed by atoms with Gasteiger partial charge in [0.2, 0.25) is 0 Å². The Balaban J connectivity index is 1.44. The topological polar surface area (TPSA) is 96.3 Å². The predicted molar refractivity (Wildman–Crippen MR) is 141 cm³/mol. The van der Waals surface area contributed by atoms with E-state index in [0.717, 1.165) is 14.9 Å². The van der Waals surface area contributed by atoms with Crippen LogP contribution in [0.15, 0.2) is 59.7 Å². The molecule has 0 unspecified atom stereocenters. The first-order valence-corrected chi connectivity index (χ1v) is 13.3. The normalized spacial score (nSPS) is 16.2. The van der Waals surface area contributed by atoms with Crippen LogP contribution in [0.1, 0.15) is 6.42 Å². The average molecular weight is 564 g/mol. The van der Waals surface area contributed by atoms with Gasteiger partial charge in [0.15, 0.2) is 5.82 Å². The van der Waals surface area contributed by atoms with Crippen molar-refractivity contribution in [3.05, 3.63) is 81.9 Å². The zero-order chi connectivity index (χ0) is 27.2. The number of nitrogens with zero attached hydrogens (tertiary/aromatic N) is 3. The molecule has 1 aromatic heterocycles. The van der Waals surface area contributed by atoms with Crippen LogP contribution in [0.2, 0.25) is 5.02 Å². The Bertz CT molecular complexity index is 1710. The summed E-state index contributed by atoms with van der Waals surface area (Å²) in [6.07, 6.45) is 0.234. The minimum Gasteiger partial charge on any atom is -0.349 e. The molecule has 0 aliphatic carbocycles. The molecule has 0 saturated carbocycles. The molecule has 1 aliphatic rings. The molecule has 0 bridgehead atoms. The Kier molecular flexibility index (Phi) is 6.80. The second-order valence-electron chi connectivity index (χ2n) is 8.82. The maximum Gasteiger partial charge on any atom is 0.301 e. The number of nitrogens with one attached hydrogen (secondary N) is 2. The number of benzene rings is 3. The average Bonchev–Trinajstić information content (AvgIpc) is 3.33. The van der Waals surface area contributed by atoms with Gasteiger partial charge in [0, 0.05) is 31.4 Å². The van der Waals surface area contributed by atoms with Crippen LogP contribution in [0, 0.1) is 11.6 Å². The summed E-state index contributed by atoms with van der Waals surface area (Å²) in [5.41, 5.74) is 0.362. The minimum absolute atomic E-state index is 0.0528. The molecular weight excluding hydrogens is 543 g/mol. The van der Waals surface area contributed by atoms with Gasteiger partial charge >= 0.3 is 10.2 Å². The van der Waals surface area contributed by atoms with Crippen molar-refractivity contribution in [1.82, 2.24) is 13.9 Å². The number of hydrogen-bond acceptors (Lipinski definition) is 5. The van der Waals surface area contributed by atoms with Crippen molar-refractivity contribution in [1.29, 1.82) is 0 Å². The zero-order valence-electron chi connectivity index (χ0n) is 19.9. The fraction of sp³-hybridized carbons (Fsp3) is 0.200. The van der Waals surface area contributed by atoms with E-state index in [9.17, 15) is 22.0 Å². The summed E-state index contributed by atoms with van der Waals surface area (Å²) in [6, 6.07) is 11.5. The van der Waals surface area contributed by atoms with E-state index < -0.39 is 33.6 Å². The highest BCUT2D eigenvalue weighted by Gasteiger charge is 2.31. The molecule has 0 amide bonds. The van der Waals surface area contributed by atoms with E-state index in [0.29, 0.717) is 11.1 Å². The number of hydrogen-bond donors (Lipinski definition) is 2. The van der Waals surface area contributed by atoms with Crippen molar-refractivity contribution in [2.24, 2.45) is 7.05 Å². The molecule has 13 heteroatoms. The summed E-state index contributed by atoms with van der Waals surface area (Å²) >= 11 is 6.51. The molecule has 1 saturated heterocycles. The van der Waals surface area contributed by atoms with Gasteiger partial charge < -0.3 is 9.88 Å². The molecule has 1 atom stereocenters. The Hall–Kier alpha value is -3.61. The van der Waals surface area contributed by atoms with Gasteiger partial charge in [0.1, 0.15) is 17.4 Å². The summed E-state index contributed by atoms with van der Waals surface area (Å²) < 4.78 is 73.0. The van der Waals surface area contributed by atoms with Crippen molar-refractivity contribution in [3.8, 4) is 11.1 Å². The second-order valence-corrected chi connectivity index (χ2v) is 10.9. The van der Waals surface area contributed by atoms with E-state index in [4.69, 9.17) is 11.6 Å². The van der Waals surface area contributed by atoms with Gasteiger partial charge in [-0.1, -0.05) is 23.7 Å². The third-order valence-electron chi connectivity index (χ3n) is 6.25. The van der Waals surface area contributed by atoms with Crippen molar-refractivity contribution in [2.45, 2.75) is 12.6 Å². The highest BCUT2D eigenvalue weighted by atomic mass is 35.5. The fourth-order valence-corrected chi connectivity index (χ4v) is 5.79. The molecule has 0 radical (unpaired) electrons. The quantitative estimate of drug-likeness (QED) is 0.345. The van der Waals surface area contributed by atoms with Gasteiger partial charge in [-0.2, -0.15) is 12.7 Å². The molecule has 0 spiro atoms. The van der Waals surface area contributed by atoms with Crippen LogP contribution in [-0.2, 0) is 17.3 Å². The van der Waals surface area contributed by atoms with Gasteiger partial charge in [-0.3, -0.25) is 9.52 Å². The van der Waals surface area contributed by atoms with E-state index >= 15 is 4.39 Å². The molecule has 2 N–H and O–H groups in total. The summed E-state index contributed by atoms with van der Waals surface area (Å²) in [4.78, 5) is 16.5. The molecule has 3 aromatic carbocycles. The predicted octanol–water partition coefficient (Wildman–Crippen LogP) is 4.98. The van der Waals surface area contributed by atoms with Crippen molar-refractivity contribution < 1.29 is 21.6 Å². The van der Waals surface area contributed by atoms with E-state index in [2.05, 4.69) is 15.0 Å². The van der Waals surface area contributed by atoms with E-state index in [1.165, 1.54) is 43.7 Å². The van der Waals surface area contributed by atoms with Gasteiger partial charge in [-0.05, 0) is 48.4 Å². The lowest BCUT2D eigenvalue weighted by Crippen LogP contribution is -2.34. The lowest BCUT2D eigenvalue weighted by molar-refractivity contribution is 0.343. The van der Waals surface area contributed by atoms with Crippen molar-refractivity contribution in [3.63, 3.8) is 0 Å². The zero-order valence-corrected chi connectivity index (χ0v) is 21.5. The number of anilines is 3. The van der Waals surface area contributed by atoms with Gasteiger partial charge in [-0.25, -0.2) is 18.2 Å². The molecular formula is C25H21ClF3N5O3S. The van der Waals surface area contributed by atoms with E-state index in [1.807, 2.05) is 0 Å².